The summed E-state index contributed by atoms with van der Waals surface area (Å²) < 4.78 is 3.31. The van der Waals surface area contributed by atoms with Crippen LogP contribution < -0.4 is 10.9 Å². The number of benzene rings is 1. The molecule has 37 heavy (non-hydrogen) atoms. The number of pyridine rings is 2. The quantitative estimate of drug-likeness (QED) is 0.307. The molecule has 1 amide bonds. The molecule has 0 radical (unpaired) electrons. The average Bonchev–Trinajstić information content (AvgIpc) is 3.65. The van der Waals surface area contributed by atoms with E-state index in [1.807, 2.05) is 49.9 Å². The number of rotatable bonds is 5. The molecule has 6 rings (SSSR count). The smallest absolute Gasteiger partial charge is 0.274 e. The second-order valence-corrected chi connectivity index (χ2v) is 8.94. The standard InChI is InChI=1S/C28H23N7O2/c1-4-25(36)33-20-8-16(7-17(9-20)19-12-32-35(3)14-19)18-10-22-23(13-31-27(22)30-11-18)24-15-34(2)28(37)26-21(24)5-6-29-26/h4-15,29H,1H2,2-3H3,(H,30,31)(H,33,36). The summed E-state index contributed by atoms with van der Waals surface area (Å²) in [6, 6.07) is 9.84. The Morgan fingerprint density at radius 1 is 0.973 bits per heavy atom. The van der Waals surface area contributed by atoms with Crippen LogP contribution in [0.3, 0.4) is 0 Å². The number of carbonyl (C=O) groups excluding carboxylic acids is 1. The molecule has 3 N–H and O–H groups in total. The molecule has 0 atom stereocenters. The third-order valence-electron chi connectivity index (χ3n) is 6.47. The van der Waals surface area contributed by atoms with Crippen molar-refractivity contribution >= 4 is 33.5 Å². The van der Waals surface area contributed by atoms with Gasteiger partial charge in [0.1, 0.15) is 11.2 Å². The van der Waals surface area contributed by atoms with Gasteiger partial charge in [-0.15, -0.1) is 0 Å². The number of aromatic nitrogens is 6. The fraction of sp³-hybridized carbons (Fsp3) is 0.0714. The van der Waals surface area contributed by atoms with Gasteiger partial charge in [-0.1, -0.05) is 6.58 Å². The Kier molecular flexibility index (Phi) is 5.11. The van der Waals surface area contributed by atoms with Gasteiger partial charge in [-0.3, -0.25) is 14.3 Å². The highest BCUT2D eigenvalue weighted by Crippen LogP contribution is 2.36. The lowest BCUT2D eigenvalue weighted by molar-refractivity contribution is -0.111. The number of hydrogen-bond donors (Lipinski definition) is 3. The van der Waals surface area contributed by atoms with E-state index < -0.39 is 0 Å². The van der Waals surface area contributed by atoms with Crippen LogP contribution in [-0.2, 0) is 18.9 Å². The van der Waals surface area contributed by atoms with E-state index in [1.54, 1.807) is 34.9 Å². The number of nitrogens with one attached hydrogen (secondary N) is 3. The summed E-state index contributed by atoms with van der Waals surface area (Å²) in [6.45, 7) is 3.55. The highest BCUT2D eigenvalue weighted by molar-refractivity contribution is 6.04. The van der Waals surface area contributed by atoms with Gasteiger partial charge < -0.3 is 19.9 Å². The predicted octanol–water partition coefficient (Wildman–Crippen LogP) is 4.60. The Morgan fingerprint density at radius 3 is 2.54 bits per heavy atom. The highest BCUT2D eigenvalue weighted by Gasteiger charge is 2.16. The molecule has 6 aromatic rings. The first-order valence-corrected chi connectivity index (χ1v) is 11.6. The summed E-state index contributed by atoms with van der Waals surface area (Å²) >= 11 is 0. The number of aryl methyl sites for hydroxylation is 2. The van der Waals surface area contributed by atoms with Gasteiger partial charge >= 0.3 is 0 Å². The Morgan fingerprint density at radius 2 is 1.78 bits per heavy atom. The van der Waals surface area contributed by atoms with E-state index >= 15 is 0 Å². The monoisotopic (exact) mass is 489 g/mol. The third kappa shape index (κ3) is 3.82. The number of hydrogen-bond acceptors (Lipinski definition) is 4. The van der Waals surface area contributed by atoms with Gasteiger partial charge in [0, 0.05) is 83.8 Å². The van der Waals surface area contributed by atoms with Crippen LogP contribution in [0.1, 0.15) is 0 Å². The molecule has 0 saturated carbocycles. The molecule has 0 aliphatic carbocycles. The first-order valence-electron chi connectivity index (χ1n) is 11.6. The molecular formula is C28H23N7O2. The van der Waals surface area contributed by atoms with E-state index in [1.165, 1.54) is 6.08 Å². The minimum atomic E-state index is -0.291. The third-order valence-corrected chi connectivity index (χ3v) is 6.47. The van der Waals surface area contributed by atoms with Gasteiger partial charge in [0.2, 0.25) is 5.91 Å². The number of fused-ring (bicyclic) bond motifs is 2. The van der Waals surface area contributed by atoms with Crippen molar-refractivity contribution in [3.05, 3.63) is 90.5 Å². The van der Waals surface area contributed by atoms with E-state index in [0.29, 0.717) is 11.2 Å². The van der Waals surface area contributed by atoms with Crippen LogP contribution in [0.2, 0.25) is 0 Å². The zero-order valence-corrected chi connectivity index (χ0v) is 20.2. The number of carbonyl (C=O) groups is 1. The number of H-pyrrole nitrogens is 2. The highest BCUT2D eigenvalue weighted by atomic mass is 16.1. The van der Waals surface area contributed by atoms with Crippen LogP contribution in [-0.4, -0.2) is 35.2 Å². The Labute approximate surface area is 211 Å². The molecule has 9 heteroatoms. The first kappa shape index (κ1) is 22.3. The lowest BCUT2D eigenvalue weighted by Crippen LogP contribution is -2.16. The number of aromatic amines is 2. The SMILES string of the molecule is C=CC(=O)Nc1cc(-c2cnc3[nH]cc(-c4cn(C)c(=O)c5[nH]ccc45)c3c2)cc(-c2cnn(C)c2)c1. The van der Waals surface area contributed by atoms with E-state index in [0.717, 1.165) is 49.8 Å². The average molecular weight is 490 g/mol. The molecule has 9 nitrogen and oxygen atoms in total. The molecule has 182 valence electrons. The van der Waals surface area contributed by atoms with Gasteiger partial charge in [0.15, 0.2) is 0 Å². The molecule has 0 saturated heterocycles. The van der Waals surface area contributed by atoms with Crippen LogP contribution in [0.4, 0.5) is 5.69 Å². The molecular weight excluding hydrogens is 466 g/mol. The summed E-state index contributed by atoms with van der Waals surface area (Å²) in [6.07, 6.45) is 12.3. The number of anilines is 1. The van der Waals surface area contributed by atoms with E-state index in [4.69, 9.17) is 0 Å². The van der Waals surface area contributed by atoms with Gasteiger partial charge in [-0.2, -0.15) is 5.10 Å². The minimum absolute atomic E-state index is 0.0799. The van der Waals surface area contributed by atoms with Crippen LogP contribution in [0.15, 0.2) is 85.0 Å². The Hall–Kier alpha value is -5.18. The normalized spacial score (nSPS) is 11.3. The summed E-state index contributed by atoms with van der Waals surface area (Å²) in [7, 11) is 3.60. The van der Waals surface area contributed by atoms with E-state index in [9.17, 15) is 9.59 Å². The van der Waals surface area contributed by atoms with Gasteiger partial charge in [0.25, 0.3) is 5.56 Å². The molecule has 5 heterocycles. The van der Waals surface area contributed by atoms with Crippen molar-refractivity contribution in [2.24, 2.45) is 14.1 Å². The number of nitrogens with zero attached hydrogens (tertiary/aromatic N) is 4. The summed E-state index contributed by atoms with van der Waals surface area (Å²) in [4.78, 5) is 35.6. The zero-order chi connectivity index (χ0) is 25.7. The van der Waals surface area contributed by atoms with Gasteiger partial charge in [0.05, 0.1) is 6.20 Å². The Bertz CT molecular complexity index is 1900. The lowest BCUT2D eigenvalue weighted by atomic mass is 9.98. The van der Waals surface area contributed by atoms with Crippen LogP contribution in [0, 0.1) is 0 Å². The second-order valence-electron chi connectivity index (χ2n) is 8.94. The fourth-order valence-electron chi connectivity index (χ4n) is 4.66. The zero-order valence-electron chi connectivity index (χ0n) is 20.2. The lowest BCUT2D eigenvalue weighted by Gasteiger charge is -2.11. The summed E-state index contributed by atoms with van der Waals surface area (Å²) in [5, 5.41) is 8.92. The topological polar surface area (TPSA) is 113 Å². The van der Waals surface area contributed by atoms with E-state index in [2.05, 4.69) is 38.0 Å². The van der Waals surface area contributed by atoms with Crippen molar-refractivity contribution in [2.75, 3.05) is 5.32 Å². The molecule has 0 aliphatic rings. The van der Waals surface area contributed by atoms with Crippen LogP contribution in [0.5, 0.6) is 0 Å². The first-order chi connectivity index (χ1) is 17.9. The minimum Gasteiger partial charge on any atom is -0.357 e. The largest absolute Gasteiger partial charge is 0.357 e. The van der Waals surface area contributed by atoms with Crippen molar-refractivity contribution in [2.45, 2.75) is 0 Å². The maximum absolute atomic E-state index is 12.6. The molecule has 0 unspecified atom stereocenters. The van der Waals surface area contributed by atoms with Crippen molar-refractivity contribution < 1.29 is 4.79 Å². The van der Waals surface area contributed by atoms with Crippen molar-refractivity contribution in [3.63, 3.8) is 0 Å². The molecule has 5 aromatic heterocycles. The van der Waals surface area contributed by atoms with Crippen LogP contribution >= 0.6 is 0 Å². The summed E-state index contributed by atoms with van der Waals surface area (Å²) in [5.74, 6) is -0.291. The fourth-order valence-corrected chi connectivity index (χ4v) is 4.66. The number of amides is 1. The molecule has 0 bridgehead atoms. The molecule has 0 spiro atoms. The molecule has 0 fully saturated rings. The van der Waals surface area contributed by atoms with Crippen molar-refractivity contribution in [3.8, 4) is 33.4 Å². The summed E-state index contributed by atoms with van der Waals surface area (Å²) in [5.41, 5.74) is 7.32. The molecule has 0 aliphatic heterocycles. The second kappa shape index (κ2) is 8.49. The Balaban J connectivity index is 1.53. The van der Waals surface area contributed by atoms with Crippen LogP contribution in [0.25, 0.3) is 55.3 Å². The van der Waals surface area contributed by atoms with Crippen molar-refractivity contribution in [1.29, 1.82) is 0 Å². The molecule has 1 aromatic carbocycles. The van der Waals surface area contributed by atoms with Gasteiger partial charge in [-0.05, 0) is 47.5 Å². The van der Waals surface area contributed by atoms with E-state index in [-0.39, 0.29) is 11.5 Å². The maximum atomic E-state index is 12.6. The van der Waals surface area contributed by atoms with Crippen molar-refractivity contribution in [1.82, 2.24) is 29.3 Å². The van der Waals surface area contributed by atoms with Gasteiger partial charge in [-0.25, -0.2) is 4.98 Å². The predicted molar refractivity (Wildman–Crippen MR) is 145 cm³/mol. The maximum Gasteiger partial charge on any atom is 0.274 e.